The van der Waals surface area contributed by atoms with Crippen molar-refractivity contribution in [2.45, 2.75) is 26.8 Å². The highest BCUT2D eigenvalue weighted by molar-refractivity contribution is 9.10. The SMILES string of the molecule is COc1cc(Br)c(C=C(C)CNC(C)C)cc1OC. The lowest BCUT2D eigenvalue weighted by Crippen LogP contribution is -2.24. The summed E-state index contributed by atoms with van der Waals surface area (Å²) < 4.78 is 11.6. The molecule has 0 unspecified atom stereocenters. The molecule has 0 spiro atoms. The maximum Gasteiger partial charge on any atom is 0.161 e. The summed E-state index contributed by atoms with van der Waals surface area (Å²) in [6.45, 7) is 7.26. The first kappa shape index (κ1) is 16.1. The highest BCUT2D eigenvalue weighted by Gasteiger charge is 2.08. The molecule has 19 heavy (non-hydrogen) atoms. The first-order valence-electron chi connectivity index (χ1n) is 6.30. The first-order chi connectivity index (χ1) is 8.97. The van der Waals surface area contributed by atoms with Gasteiger partial charge in [-0.3, -0.25) is 0 Å². The van der Waals surface area contributed by atoms with Gasteiger partial charge in [0.05, 0.1) is 14.2 Å². The number of nitrogens with one attached hydrogen (secondary N) is 1. The van der Waals surface area contributed by atoms with Crippen LogP contribution in [0.4, 0.5) is 0 Å². The monoisotopic (exact) mass is 327 g/mol. The van der Waals surface area contributed by atoms with E-state index in [0.717, 1.165) is 28.1 Å². The van der Waals surface area contributed by atoms with Crippen molar-refractivity contribution >= 4 is 22.0 Å². The summed E-state index contributed by atoms with van der Waals surface area (Å²) in [5, 5.41) is 3.40. The normalized spacial score (nSPS) is 11.8. The van der Waals surface area contributed by atoms with Gasteiger partial charge in [-0.2, -0.15) is 0 Å². The van der Waals surface area contributed by atoms with E-state index in [1.165, 1.54) is 5.57 Å². The highest BCUT2D eigenvalue weighted by Crippen LogP contribution is 2.34. The summed E-state index contributed by atoms with van der Waals surface area (Å²) in [6.07, 6.45) is 2.14. The first-order valence-corrected chi connectivity index (χ1v) is 7.09. The minimum absolute atomic E-state index is 0.484. The predicted molar refractivity (Wildman–Crippen MR) is 84.0 cm³/mol. The molecule has 1 rings (SSSR count). The number of benzene rings is 1. The molecular weight excluding hydrogens is 306 g/mol. The summed E-state index contributed by atoms with van der Waals surface area (Å²) in [5.41, 5.74) is 2.35. The maximum absolute atomic E-state index is 5.32. The van der Waals surface area contributed by atoms with Crippen LogP contribution < -0.4 is 14.8 Å². The van der Waals surface area contributed by atoms with Crippen LogP contribution >= 0.6 is 15.9 Å². The smallest absolute Gasteiger partial charge is 0.161 e. The Hall–Kier alpha value is -1.00. The molecule has 4 heteroatoms. The molecule has 1 N–H and O–H groups in total. The topological polar surface area (TPSA) is 30.5 Å². The Labute approximate surface area is 124 Å². The van der Waals surface area contributed by atoms with Crippen molar-refractivity contribution in [1.29, 1.82) is 0 Å². The Kier molecular flexibility index (Phi) is 6.38. The van der Waals surface area contributed by atoms with Crippen molar-refractivity contribution in [1.82, 2.24) is 5.32 Å². The number of hydrogen-bond donors (Lipinski definition) is 1. The van der Waals surface area contributed by atoms with E-state index in [2.05, 4.69) is 48.1 Å². The second-order valence-electron chi connectivity index (χ2n) is 4.75. The zero-order chi connectivity index (χ0) is 14.4. The molecule has 0 heterocycles. The van der Waals surface area contributed by atoms with Gasteiger partial charge in [-0.1, -0.05) is 41.4 Å². The third kappa shape index (κ3) is 4.88. The van der Waals surface area contributed by atoms with E-state index in [9.17, 15) is 0 Å². The lowest BCUT2D eigenvalue weighted by Gasteiger charge is -2.11. The standard InChI is InChI=1S/C15H22BrNO2/c1-10(2)17-9-11(3)6-12-7-14(18-4)15(19-5)8-13(12)16/h6-8,10,17H,9H2,1-5H3. The van der Waals surface area contributed by atoms with Gasteiger partial charge in [0.1, 0.15) is 0 Å². The fraction of sp³-hybridized carbons (Fsp3) is 0.467. The van der Waals surface area contributed by atoms with Crippen LogP contribution in [-0.2, 0) is 0 Å². The molecule has 0 aromatic heterocycles. The summed E-state index contributed by atoms with van der Waals surface area (Å²) in [4.78, 5) is 0. The van der Waals surface area contributed by atoms with Crippen molar-refractivity contribution in [3.05, 3.63) is 27.7 Å². The Morgan fingerprint density at radius 1 is 1.26 bits per heavy atom. The molecule has 0 fully saturated rings. The number of halogens is 1. The molecule has 0 saturated carbocycles. The molecule has 0 amide bonds. The minimum Gasteiger partial charge on any atom is -0.493 e. The summed E-state index contributed by atoms with van der Waals surface area (Å²) >= 11 is 3.56. The average Bonchev–Trinajstić information content (AvgIpc) is 2.38. The molecule has 0 aliphatic rings. The van der Waals surface area contributed by atoms with Crippen molar-refractivity contribution in [2.75, 3.05) is 20.8 Å². The molecule has 0 aliphatic carbocycles. The van der Waals surface area contributed by atoms with Gasteiger partial charge in [0.2, 0.25) is 0 Å². The molecular formula is C15H22BrNO2. The van der Waals surface area contributed by atoms with Crippen LogP contribution in [0.3, 0.4) is 0 Å². The van der Waals surface area contributed by atoms with Crippen molar-refractivity contribution in [3.8, 4) is 11.5 Å². The van der Waals surface area contributed by atoms with Gasteiger partial charge in [-0.15, -0.1) is 0 Å². The van der Waals surface area contributed by atoms with E-state index >= 15 is 0 Å². The molecule has 3 nitrogen and oxygen atoms in total. The van der Waals surface area contributed by atoms with Crippen LogP contribution in [0.2, 0.25) is 0 Å². The molecule has 106 valence electrons. The van der Waals surface area contributed by atoms with E-state index in [0.29, 0.717) is 6.04 Å². The Morgan fingerprint density at radius 3 is 2.37 bits per heavy atom. The zero-order valence-corrected chi connectivity index (χ0v) is 13.8. The summed E-state index contributed by atoms with van der Waals surface area (Å²) in [5.74, 6) is 1.46. The molecule has 0 radical (unpaired) electrons. The Bertz CT molecular complexity index is 456. The van der Waals surface area contributed by atoms with E-state index in [-0.39, 0.29) is 0 Å². The van der Waals surface area contributed by atoms with Crippen LogP contribution in [0.15, 0.2) is 22.2 Å². The molecule has 1 aromatic carbocycles. The quantitative estimate of drug-likeness (QED) is 0.860. The minimum atomic E-state index is 0.484. The lowest BCUT2D eigenvalue weighted by atomic mass is 10.1. The summed E-state index contributed by atoms with van der Waals surface area (Å²) in [6, 6.07) is 4.38. The van der Waals surface area contributed by atoms with Gasteiger partial charge in [0, 0.05) is 17.1 Å². The second kappa shape index (κ2) is 7.56. The highest BCUT2D eigenvalue weighted by atomic mass is 79.9. The van der Waals surface area contributed by atoms with Crippen LogP contribution in [0, 0.1) is 0 Å². The van der Waals surface area contributed by atoms with E-state index in [1.807, 2.05) is 12.1 Å². The van der Waals surface area contributed by atoms with Gasteiger partial charge >= 0.3 is 0 Å². The number of hydrogen-bond acceptors (Lipinski definition) is 3. The number of ether oxygens (including phenoxy) is 2. The molecule has 1 aromatic rings. The molecule has 0 atom stereocenters. The summed E-state index contributed by atoms with van der Waals surface area (Å²) in [7, 11) is 3.28. The average molecular weight is 328 g/mol. The lowest BCUT2D eigenvalue weighted by molar-refractivity contribution is 0.354. The van der Waals surface area contributed by atoms with Crippen molar-refractivity contribution in [2.24, 2.45) is 0 Å². The van der Waals surface area contributed by atoms with Gasteiger partial charge < -0.3 is 14.8 Å². The third-order valence-corrected chi connectivity index (χ3v) is 3.38. The molecule has 0 aliphatic heterocycles. The van der Waals surface area contributed by atoms with Crippen molar-refractivity contribution < 1.29 is 9.47 Å². The Morgan fingerprint density at radius 2 is 1.84 bits per heavy atom. The zero-order valence-electron chi connectivity index (χ0n) is 12.2. The predicted octanol–water partition coefficient (Wildman–Crippen LogP) is 3.87. The van der Waals surface area contributed by atoms with Gasteiger partial charge in [0.15, 0.2) is 11.5 Å². The van der Waals surface area contributed by atoms with Gasteiger partial charge in [0.25, 0.3) is 0 Å². The van der Waals surface area contributed by atoms with E-state index < -0.39 is 0 Å². The fourth-order valence-electron chi connectivity index (χ4n) is 1.66. The molecule has 0 saturated heterocycles. The van der Waals surface area contributed by atoms with Gasteiger partial charge in [-0.25, -0.2) is 0 Å². The van der Waals surface area contributed by atoms with Gasteiger partial charge in [-0.05, 0) is 24.6 Å². The Balaban J connectivity index is 2.97. The van der Waals surface area contributed by atoms with Crippen LogP contribution in [-0.4, -0.2) is 26.8 Å². The largest absolute Gasteiger partial charge is 0.493 e. The third-order valence-electron chi connectivity index (χ3n) is 2.69. The van der Waals surface area contributed by atoms with Crippen molar-refractivity contribution in [3.63, 3.8) is 0 Å². The van der Waals surface area contributed by atoms with E-state index in [1.54, 1.807) is 14.2 Å². The number of rotatable bonds is 6. The maximum atomic E-state index is 5.32. The number of methoxy groups -OCH3 is 2. The van der Waals surface area contributed by atoms with Crippen LogP contribution in [0.25, 0.3) is 6.08 Å². The van der Waals surface area contributed by atoms with Crippen LogP contribution in [0.5, 0.6) is 11.5 Å². The molecule has 0 bridgehead atoms. The van der Waals surface area contributed by atoms with Crippen LogP contribution in [0.1, 0.15) is 26.3 Å². The van der Waals surface area contributed by atoms with E-state index in [4.69, 9.17) is 9.47 Å². The second-order valence-corrected chi connectivity index (χ2v) is 5.61. The fourth-order valence-corrected chi connectivity index (χ4v) is 2.10.